The highest BCUT2D eigenvalue weighted by Crippen LogP contribution is 2.40. The Hall–Kier alpha value is -2.88. The van der Waals surface area contributed by atoms with E-state index in [4.69, 9.17) is 0 Å². The van der Waals surface area contributed by atoms with Crippen LogP contribution in [0.1, 0.15) is 306 Å². The Balaban J connectivity index is 0.000000453. The lowest BCUT2D eigenvalue weighted by Gasteiger charge is -2.30. The van der Waals surface area contributed by atoms with Crippen molar-refractivity contribution in [3.63, 3.8) is 0 Å². The van der Waals surface area contributed by atoms with Crippen molar-refractivity contribution in [2.24, 2.45) is 0 Å². The second-order valence-corrected chi connectivity index (χ2v) is 32.8. The van der Waals surface area contributed by atoms with Gasteiger partial charge in [-0.1, -0.05) is 208 Å². The van der Waals surface area contributed by atoms with Crippen LogP contribution in [-0.4, -0.2) is 19.1 Å². The van der Waals surface area contributed by atoms with E-state index in [9.17, 15) is 0 Å². The highest BCUT2D eigenvalue weighted by Gasteiger charge is 2.33. The molecule has 0 aliphatic rings. The first-order valence-electron chi connectivity index (χ1n) is 26.3. The molecule has 4 aromatic heterocycles. The Kier molecular flexibility index (Phi) is 18.5. The third-order valence-corrected chi connectivity index (χ3v) is 12.7. The van der Waals surface area contributed by atoms with Crippen LogP contribution in [0.15, 0.2) is 36.7 Å². The molecule has 0 atom stereocenters. The van der Waals surface area contributed by atoms with Crippen molar-refractivity contribution in [3.8, 4) is 0 Å². The molecule has 2 N–H and O–H groups in total. The lowest BCUT2D eigenvalue weighted by atomic mass is 9.79. The second-order valence-electron chi connectivity index (χ2n) is 32.8. The summed E-state index contributed by atoms with van der Waals surface area (Å²) in [5.41, 5.74) is 16.3. The summed E-state index contributed by atoms with van der Waals surface area (Å²) in [6, 6.07) is 9.48. The lowest BCUT2D eigenvalue weighted by molar-refractivity contribution is 0.360. The summed E-state index contributed by atoms with van der Waals surface area (Å²) in [4.78, 5) is 7.34. The maximum atomic E-state index is 3.67. The van der Waals surface area contributed by atoms with Gasteiger partial charge in [-0.15, -0.1) is 0 Å². The van der Waals surface area contributed by atoms with Crippen molar-refractivity contribution in [2.75, 3.05) is 0 Å². The quantitative estimate of drug-likeness (QED) is 0.176. The summed E-state index contributed by atoms with van der Waals surface area (Å²) >= 11 is 0. The van der Waals surface area contributed by atoms with Gasteiger partial charge in [0.15, 0.2) is 0 Å². The predicted octanol–water partition coefficient (Wildman–Crippen LogP) is 19.5. The molecule has 0 saturated heterocycles. The van der Waals surface area contributed by atoms with Crippen LogP contribution in [0.4, 0.5) is 0 Å². The zero-order valence-corrected chi connectivity index (χ0v) is 52.4. The first kappa shape index (κ1) is 63.1. The molecule has 0 bridgehead atoms. The second kappa shape index (κ2) is 20.0. The number of nitrogens with one attached hydrogen (secondary N) is 2. The van der Waals surface area contributed by atoms with E-state index in [0.717, 1.165) is 0 Å². The van der Waals surface area contributed by atoms with E-state index < -0.39 is 0 Å². The van der Waals surface area contributed by atoms with Gasteiger partial charge in [-0.3, -0.25) is 0 Å². The van der Waals surface area contributed by atoms with Gasteiger partial charge in [0, 0.05) is 90.1 Å². The molecule has 4 rings (SSSR count). The molecule has 0 aliphatic heterocycles. The molecule has 0 unspecified atom stereocenters. The van der Waals surface area contributed by atoms with E-state index in [1.807, 2.05) is 0 Å². The fraction of sp³-hybridized carbons (Fsp3) is 0.750. The molecule has 4 nitrogen and oxygen atoms in total. The van der Waals surface area contributed by atoms with Crippen molar-refractivity contribution >= 4 is 0 Å². The fourth-order valence-electron chi connectivity index (χ4n) is 8.09. The standard InChI is InChI=1S/4C16H29N/c2*1-14(2,3)12-10-13(15(4,5)6)17(11-12)16(7,8)9;2*1-14(2,3)11-10-12(15(4,5)6)17-13(11)16(7,8)9/h2*10-11H,1-9H3;2*10,17H,1-9H3. The average molecular weight is 942 g/mol. The highest BCUT2D eigenvalue weighted by atomic mass is 15.1. The predicted molar refractivity (Wildman–Crippen MR) is 307 cm³/mol. The van der Waals surface area contributed by atoms with Gasteiger partial charge < -0.3 is 19.1 Å². The van der Waals surface area contributed by atoms with Crippen LogP contribution in [0, 0.1) is 0 Å². The van der Waals surface area contributed by atoms with Gasteiger partial charge in [-0.2, -0.15) is 0 Å². The van der Waals surface area contributed by atoms with Gasteiger partial charge >= 0.3 is 0 Å². The number of aromatic amines is 2. The van der Waals surface area contributed by atoms with E-state index in [0.29, 0.717) is 0 Å². The first-order valence-corrected chi connectivity index (χ1v) is 26.3. The van der Waals surface area contributed by atoms with Crippen molar-refractivity contribution in [2.45, 2.75) is 314 Å². The Morgan fingerprint density at radius 1 is 0.265 bits per heavy atom. The molecule has 0 spiro atoms. The first-order chi connectivity index (χ1) is 29.3. The molecule has 392 valence electrons. The summed E-state index contributed by atoms with van der Waals surface area (Å²) < 4.78 is 4.88. The SMILES string of the molecule is CC(C)(C)c1cc(C(C)(C)C)c(C(C)(C)C)[nH]1.CC(C)(C)c1cc(C(C)(C)C)c(C(C)(C)C)[nH]1.CC(C)(C)c1cc(C(C)(C)C)n(C(C)(C)C)c1.CC(C)(C)c1cc(C(C)(C)C)n(C(C)(C)C)c1. The van der Waals surface area contributed by atoms with Crippen LogP contribution >= 0.6 is 0 Å². The van der Waals surface area contributed by atoms with E-state index in [-0.39, 0.29) is 65.2 Å². The van der Waals surface area contributed by atoms with Crippen LogP contribution in [0.5, 0.6) is 0 Å². The average Bonchev–Trinajstić information content (AvgIpc) is 3.85. The molecular weight excluding hydrogens is 825 g/mol. The highest BCUT2D eigenvalue weighted by molar-refractivity contribution is 5.40. The van der Waals surface area contributed by atoms with Gasteiger partial charge in [0.2, 0.25) is 0 Å². The van der Waals surface area contributed by atoms with Crippen molar-refractivity contribution in [1.29, 1.82) is 0 Å². The van der Waals surface area contributed by atoms with E-state index >= 15 is 0 Å². The Morgan fingerprint density at radius 2 is 0.500 bits per heavy atom. The minimum Gasteiger partial charge on any atom is -0.361 e. The molecule has 4 heterocycles. The van der Waals surface area contributed by atoms with Gasteiger partial charge in [0.25, 0.3) is 0 Å². The normalized spacial score (nSPS) is 14.2. The molecular formula is C64H116N4. The topological polar surface area (TPSA) is 41.4 Å². The monoisotopic (exact) mass is 941 g/mol. The minimum absolute atomic E-state index is 0.145. The molecule has 0 saturated carbocycles. The number of rotatable bonds is 0. The lowest BCUT2D eigenvalue weighted by Crippen LogP contribution is -2.28. The van der Waals surface area contributed by atoms with Gasteiger partial charge in [-0.05, 0) is 110 Å². The molecule has 0 amide bonds. The van der Waals surface area contributed by atoms with Crippen LogP contribution in [0.3, 0.4) is 0 Å². The summed E-state index contributed by atoms with van der Waals surface area (Å²) in [5, 5.41) is 0. The number of aromatic nitrogens is 4. The van der Waals surface area contributed by atoms with Gasteiger partial charge in [0.05, 0.1) is 0 Å². The number of nitrogens with zero attached hydrogens (tertiary/aromatic N) is 2. The summed E-state index contributed by atoms with van der Waals surface area (Å²) in [5.74, 6) is 0. The largest absolute Gasteiger partial charge is 0.361 e. The summed E-state index contributed by atoms with van der Waals surface area (Å²) in [6.45, 7) is 82.0. The molecule has 0 radical (unpaired) electrons. The summed E-state index contributed by atoms with van der Waals surface area (Å²) in [6.07, 6.45) is 4.67. The maximum absolute atomic E-state index is 3.67. The number of hydrogen-bond acceptors (Lipinski definition) is 0. The van der Waals surface area contributed by atoms with Crippen LogP contribution < -0.4 is 0 Å². The zero-order chi connectivity index (χ0) is 54.6. The third kappa shape index (κ3) is 17.8. The number of H-pyrrole nitrogens is 2. The van der Waals surface area contributed by atoms with E-state index in [1.54, 1.807) is 0 Å². The minimum atomic E-state index is 0.145. The van der Waals surface area contributed by atoms with Crippen molar-refractivity contribution in [1.82, 2.24) is 19.1 Å². The van der Waals surface area contributed by atoms with Crippen LogP contribution in [0.2, 0.25) is 0 Å². The van der Waals surface area contributed by atoms with E-state index in [1.165, 1.54) is 56.4 Å². The maximum Gasteiger partial charge on any atom is 0.0358 e. The molecule has 0 fully saturated rings. The number of hydrogen-bond donors (Lipinski definition) is 2. The van der Waals surface area contributed by atoms with Crippen LogP contribution in [-0.2, 0) is 65.2 Å². The van der Waals surface area contributed by atoms with Gasteiger partial charge in [-0.25, -0.2) is 0 Å². The van der Waals surface area contributed by atoms with Crippen molar-refractivity contribution in [3.05, 3.63) is 93.1 Å². The molecule has 68 heavy (non-hydrogen) atoms. The molecule has 4 aromatic rings. The van der Waals surface area contributed by atoms with Gasteiger partial charge in [0.1, 0.15) is 0 Å². The van der Waals surface area contributed by atoms with Crippen molar-refractivity contribution < 1.29 is 0 Å². The Bertz CT molecular complexity index is 1750. The van der Waals surface area contributed by atoms with E-state index in [2.05, 4.69) is 305 Å². The zero-order valence-electron chi connectivity index (χ0n) is 52.4. The van der Waals surface area contributed by atoms with Crippen LogP contribution in [0.25, 0.3) is 0 Å². The Labute approximate surface area is 424 Å². The smallest absolute Gasteiger partial charge is 0.0358 e. The summed E-state index contributed by atoms with van der Waals surface area (Å²) in [7, 11) is 0. The fourth-order valence-corrected chi connectivity index (χ4v) is 8.09. The Morgan fingerprint density at radius 3 is 0.618 bits per heavy atom. The molecule has 0 aromatic carbocycles. The molecule has 0 aliphatic carbocycles. The third-order valence-electron chi connectivity index (χ3n) is 12.7. The molecule has 4 heteroatoms.